The number of anilines is 2. The standard InChI is InChI=1S/C18H23ClN6O2/c1-2-22-6-3-7-23-10-13(9-20)12-4-5-14(19)15(8-12)24-17(26)16-11-27-18(21)25-16/h4-5,8-11,20,22-23H,2-3,6-7H2,1H3,(H2,21,25)(H,24,26)/b13-10+,20-9?. The lowest BCUT2D eigenvalue weighted by molar-refractivity contribution is 0.102. The second-order valence-corrected chi connectivity index (χ2v) is 6.03. The molecule has 0 atom stereocenters. The summed E-state index contributed by atoms with van der Waals surface area (Å²) in [6.45, 7) is 4.73. The predicted octanol–water partition coefficient (Wildman–Crippen LogP) is 2.74. The Morgan fingerprint density at radius 1 is 1.41 bits per heavy atom. The molecule has 8 nitrogen and oxygen atoms in total. The lowest BCUT2D eigenvalue weighted by Gasteiger charge is -2.10. The van der Waals surface area contributed by atoms with E-state index in [0.29, 0.717) is 16.3 Å². The van der Waals surface area contributed by atoms with Crippen LogP contribution in [0.1, 0.15) is 29.4 Å². The Balaban J connectivity index is 2.07. The molecule has 0 radical (unpaired) electrons. The third-order valence-electron chi connectivity index (χ3n) is 3.64. The molecule has 144 valence electrons. The van der Waals surface area contributed by atoms with E-state index in [1.54, 1.807) is 24.4 Å². The molecule has 0 spiro atoms. The zero-order chi connectivity index (χ0) is 19.6. The maximum atomic E-state index is 12.2. The molecule has 0 aliphatic rings. The summed E-state index contributed by atoms with van der Waals surface area (Å²) in [5.41, 5.74) is 7.24. The highest BCUT2D eigenvalue weighted by molar-refractivity contribution is 6.34. The number of oxazole rings is 1. The van der Waals surface area contributed by atoms with Gasteiger partial charge in [0.15, 0.2) is 5.69 Å². The van der Waals surface area contributed by atoms with Crippen molar-refractivity contribution < 1.29 is 9.21 Å². The van der Waals surface area contributed by atoms with Crippen molar-refractivity contribution in [3.05, 3.63) is 46.9 Å². The molecule has 2 aromatic rings. The number of carbonyl (C=O) groups excluding carboxylic acids is 1. The molecule has 9 heteroatoms. The van der Waals surface area contributed by atoms with Crippen LogP contribution in [0.2, 0.25) is 5.02 Å². The van der Waals surface area contributed by atoms with Crippen molar-refractivity contribution >= 4 is 41.0 Å². The Kier molecular flexibility index (Phi) is 7.84. The van der Waals surface area contributed by atoms with Crippen LogP contribution in [0, 0.1) is 5.41 Å². The smallest absolute Gasteiger partial charge is 0.292 e. The molecule has 1 heterocycles. The molecule has 2 rings (SSSR count). The van der Waals surface area contributed by atoms with Gasteiger partial charge < -0.3 is 31.5 Å². The summed E-state index contributed by atoms with van der Waals surface area (Å²) in [4.78, 5) is 16.0. The largest absolute Gasteiger partial charge is 0.431 e. The topological polar surface area (TPSA) is 129 Å². The van der Waals surface area contributed by atoms with Crippen LogP contribution in [0.25, 0.3) is 5.57 Å². The van der Waals surface area contributed by atoms with Gasteiger partial charge in [-0.25, -0.2) is 0 Å². The van der Waals surface area contributed by atoms with Crippen molar-refractivity contribution in [1.29, 1.82) is 5.41 Å². The van der Waals surface area contributed by atoms with Crippen molar-refractivity contribution in [1.82, 2.24) is 15.6 Å². The van der Waals surface area contributed by atoms with Crippen LogP contribution in [-0.2, 0) is 0 Å². The van der Waals surface area contributed by atoms with Gasteiger partial charge in [-0.2, -0.15) is 4.98 Å². The Labute approximate surface area is 162 Å². The molecule has 0 fully saturated rings. The van der Waals surface area contributed by atoms with Gasteiger partial charge in [0, 0.05) is 24.5 Å². The molecule has 0 saturated heterocycles. The van der Waals surface area contributed by atoms with Gasteiger partial charge in [0.1, 0.15) is 6.26 Å². The minimum atomic E-state index is -0.489. The fourth-order valence-electron chi connectivity index (χ4n) is 2.26. The van der Waals surface area contributed by atoms with Crippen LogP contribution in [0.4, 0.5) is 11.7 Å². The third-order valence-corrected chi connectivity index (χ3v) is 3.97. The number of nitrogens with two attached hydrogens (primary N) is 1. The van der Waals surface area contributed by atoms with Gasteiger partial charge >= 0.3 is 0 Å². The van der Waals surface area contributed by atoms with E-state index in [-0.39, 0.29) is 11.7 Å². The minimum Gasteiger partial charge on any atom is -0.431 e. The predicted molar refractivity (Wildman–Crippen MR) is 108 cm³/mol. The Bertz CT molecular complexity index is 818. The Morgan fingerprint density at radius 3 is 2.89 bits per heavy atom. The number of nitrogens with zero attached hydrogens (tertiary/aromatic N) is 1. The van der Waals surface area contributed by atoms with Crippen LogP contribution in [0.5, 0.6) is 0 Å². The highest BCUT2D eigenvalue weighted by Gasteiger charge is 2.13. The minimum absolute atomic E-state index is 0.0548. The number of hydrogen-bond donors (Lipinski definition) is 5. The first-order valence-electron chi connectivity index (χ1n) is 8.52. The van der Waals surface area contributed by atoms with Gasteiger partial charge in [-0.3, -0.25) is 4.79 Å². The van der Waals surface area contributed by atoms with Gasteiger partial charge in [-0.15, -0.1) is 0 Å². The number of allylic oxidation sites excluding steroid dienone is 1. The van der Waals surface area contributed by atoms with E-state index < -0.39 is 5.91 Å². The van der Waals surface area contributed by atoms with Gasteiger partial charge in [0.25, 0.3) is 11.9 Å². The third kappa shape index (κ3) is 6.12. The summed E-state index contributed by atoms with van der Waals surface area (Å²) < 4.78 is 4.83. The van der Waals surface area contributed by atoms with Crippen molar-refractivity contribution in [3.63, 3.8) is 0 Å². The van der Waals surface area contributed by atoms with Gasteiger partial charge in [-0.1, -0.05) is 24.6 Å². The molecule has 6 N–H and O–H groups in total. The van der Waals surface area contributed by atoms with E-state index in [4.69, 9.17) is 27.2 Å². The van der Waals surface area contributed by atoms with Crippen LogP contribution in [0.3, 0.4) is 0 Å². The molecular formula is C18H23ClN6O2. The SMILES string of the molecule is CCNCCCN/C=C(\C=N)c1ccc(Cl)c(NC(=O)c2coc(N)n2)c1. The van der Waals surface area contributed by atoms with E-state index in [1.165, 1.54) is 12.5 Å². The number of carbonyl (C=O) groups is 1. The number of benzene rings is 1. The van der Waals surface area contributed by atoms with Crippen molar-refractivity contribution in [3.8, 4) is 0 Å². The maximum Gasteiger partial charge on any atom is 0.292 e. The average Bonchev–Trinajstić information content (AvgIpc) is 3.10. The summed E-state index contributed by atoms with van der Waals surface area (Å²) in [6, 6.07) is 5.05. The van der Waals surface area contributed by atoms with Crippen molar-refractivity contribution in [2.45, 2.75) is 13.3 Å². The second kappa shape index (κ2) is 10.3. The first-order valence-corrected chi connectivity index (χ1v) is 8.90. The summed E-state index contributed by atoms with van der Waals surface area (Å²) in [5.74, 6) is -0.489. The zero-order valence-electron chi connectivity index (χ0n) is 15.0. The summed E-state index contributed by atoms with van der Waals surface area (Å²) in [5, 5.41) is 17.1. The number of rotatable bonds is 10. The Hall–Kier alpha value is -2.84. The maximum absolute atomic E-state index is 12.2. The zero-order valence-corrected chi connectivity index (χ0v) is 15.8. The number of amides is 1. The summed E-state index contributed by atoms with van der Waals surface area (Å²) in [6.07, 6.45) is 5.15. The Morgan fingerprint density at radius 2 is 2.22 bits per heavy atom. The van der Waals surface area contributed by atoms with Crippen LogP contribution >= 0.6 is 11.6 Å². The molecule has 0 aliphatic carbocycles. The number of hydrogen-bond acceptors (Lipinski definition) is 7. The van der Waals surface area contributed by atoms with Gasteiger partial charge in [-0.05, 0) is 37.2 Å². The number of nitrogens with one attached hydrogen (secondary N) is 4. The van der Waals surface area contributed by atoms with Crippen LogP contribution in [0.15, 0.2) is 35.1 Å². The quantitative estimate of drug-likeness (QED) is 0.313. The summed E-state index contributed by atoms with van der Waals surface area (Å²) in [7, 11) is 0. The van der Waals surface area contributed by atoms with Crippen molar-refractivity contribution in [2.75, 3.05) is 30.7 Å². The highest BCUT2D eigenvalue weighted by Crippen LogP contribution is 2.26. The molecule has 0 aliphatic heterocycles. The van der Waals surface area contributed by atoms with E-state index in [1.807, 2.05) is 0 Å². The molecule has 0 unspecified atom stereocenters. The molecular weight excluding hydrogens is 368 g/mol. The molecule has 1 aromatic heterocycles. The van der Waals surface area contributed by atoms with Gasteiger partial charge in [0.2, 0.25) is 0 Å². The van der Waals surface area contributed by atoms with Gasteiger partial charge in [0.05, 0.1) is 10.7 Å². The lowest BCUT2D eigenvalue weighted by atomic mass is 10.1. The van der Waals surface area contributed by atoms with Crippen molar-refractivity contribution in [2.24, 2.45) is 0 Å². The fourth-order valence-corrected chi connectivity index (χ4v) is 2.43. The monoisotopic (exact) mass is 390 g/mol. The average molecular weight is 391 g/mol. The molecule has 0 saturated carbocycles. The van der Waals surface area contributed by atoms with E-state index in [9.17, 15) is 4.79 Å². The first kappa shape index (κ1) is 20.5. The fraction of sp³-hybridized carbons (Fsp3) is 0.278. The molecule has 0 bridgehead atoms. The second-order valence-electron chi connectivity index (χ2n) is 5.62. The number of nitrogen functional groups attached to an aromatic ring is 1. The molecule has 27 heavy (non-hydrogen) atoms. The first-order chi connectivity index (χ1) is 13.0. The normalized spacial score (nSPS) is 11.3. The van der Waals surface area contributed by atoms with E-state index in [2.05, 4.69) is 27.9 Å². The summed E-state index contributed by atoms with van der Waals surface area (Å²) >= 11 is 6.17. The van der Waals surface area contributed by atoms with E-state index >= 15 is 0 Å². The number of halogens is 1. The number of aromatic nitrogens is 1. The molecule has 1 aromatic carbocycles. The molecule has 1 amide bonds. The van der Waals surface area contributed by atoms with E-state index in [0.717, 1.165) is 31.6 Å². The van der Waals surface area contributed by atoms with Crippen LogP contribution < -0.4 is 21.7 Å². The highest BCUT2D eigenvalue weighted by atomic mass is 35.5. The van der Waals surface area contributed by atoms with Crippen LogP contribution in [-0.4, -0.2) is 36.7 Å². The lowest BCUT2D eigenvalue weighted by Crippen LogP contribution is -2.19.